The number of benzene rings is 1. The number of anilines is 2. The maximum Gasteiger partial charge on any atom is 0.343 e. The zero-order chi connectivity index (χ0) is 21.6. The van der Waals surface area contributed by atoms with Gasteiger partial charge in [0.25, 0.3) is 0 Å². The minimum Gasteiger partial charge on any atom is -0.369 e. The SMILES string of the molecule is CC(=O)Nc1cccc(N2CCN(CCc3n[nH]c(=O)n3CC3CCCCC3)CC2)c1. The van der Waals surface area contributed by atoms with E-state index in [4.69, 9.17) is 0 Å². The molecule has 1 aliphatic heterocycles. The average Bonchev–Trinajstić information content (AvgIpc) is 3.12. The fourth-order valence-electron chi connectivity index (χ4n) is 4.83. The first-order chi connectivity index (χ1) is 15.1. The van der Waals surface area contributed by atoms with E-state index < -0.39 is 0 Å². The first kappa shape index (κ1) is 21.6. The van der Waals surface area contributed by atoms with E-state index in [-0.39, 0.29) is 11.6 Å². The molecule has 8 heteroatoms. The molecule has 0 radical (unpaired) electrons. The van der Waals surface area contributed by atoms with Gasteiger partial charge < -0.3 is 10.2 Å². The van der Waals surface area contributed by atoms with E-state index in [0.717, 1.165) is 62.9 Å². The lowest BCUT2D eigenvalue weighted by Crippen LogP contribution is -2.47. The van der Waals surface area contributed by atoms with Crippen LogP contribution in [0.4, 0.5) is 11.4 Å². The quantitative estimate of drug-likeness (QED) is 0.710. The summed E-state index contributed by atoms with van der Waals surface area (Å²) in [6.07, 6.45) is 7.14. The molecule has 8 nitrogen and oxygen atoms in total. The molecule has 2 fully saturated rings. The highest BCUT2D eigenvalue weighted by molar-refractivity contribution is 5.89. The van der Waals surface area contributed by atoms with Gasteiger partial charge in [0.15, 0.2) is 0 Å². The number of piperazine rings is 1. The van der Waals surface area contributed by atoms with Gasteiger partial charge in [-0.1, -0.05) is 25.3 Å². The van der Waals surface area contributed by atoms with Crippen molar-refractivity contribution in [2.24, 2.45) is 5.92 Å². The van der Waals surface area contributed by atoms with Crippen molar-refractivity contribution >= 4 is 17.3 Å². The predicted octanol–water partition coefficient (Wildman–Crippen LogP) is 2.47. The summed E-state index contributed by atoms with van der Waals surface area (Å²) >= 11 is 0. The average molecular weight is 427 g/mol. The summed E-state index contributed by atoms with van der Waals surface area (Å²) in [5, 5.41) is 9.83. The molecular formula is C23H34N6O2. The zero-order valence-electron chi connectivity index (χ0n) is 18.5. The standard InChI is InChI=1S/C23H34N6O2/c1-18(30)24-20-8-5-9-21(16-20)28-14-12-27(13-15-28)11-10-22-25-26-23(31)29(22)17-19-6-3-2-4-7-19/h5,8-9,16,19H,2-4,6-7,10-15,17H2,1H3,(H,24,30)(H,26,31). The smallest absolute Gasteiger partial charge is 0.343 e. The van der Waals surface area contributed by atoms with Crippen molar-refractivity contribution in [1.29, 1.82) is 0 Å². The molecule has 0 bridgehead atoms. The number of hydrogen-bond acceptors (Lipinski definition) is 5. The first-order valence-corrected chi connectivity index (χ1v) is 11.6. The highest BCUT2D eigenvalue weighted by Gasteiger charge is 2.20. The third kappa shape index (κ3) is 5.76. The Kier molecular flexibility index (Phi) is 7.06. The van der Waals surface area contributed by atoms with Crippen LogP contribution in [0.5, 0.6) is 0 Å². The molecule has 1 aliphatic carbocycles. The number of aromatic nitrogens is 3. The number of rotatable bonds is 7. The number of nitrogens with one attached hydrogen (secondary N) is 2. The van der Waals surface area contributed by atoms with Gasteiger partial charge in [0.2, 0.25) is 5.91 Å². The van der Waals surface area contributed by atoms with Crippen molar-refractivity contribution in [2.75, 3.05) is 42.9 Å². The molecule has 31 heavy (non-hydrogen) atoms. The second-order valence-electron chi connectivity index (χ2n) is 8.87. The molecule has 0 unspecified atom stereocenters. The molecular weight excluding hydrogens is 392 g/mol. The second kappa shape index (κ2) is 10.1. The minimum absolute atomic E-state index is 0.0534. The van der Waals surface area contributed by atoms with Crippen LogP contribution in [0.25, 0.3) is 0 Å². The van der Waals surface area contributed by atoms with Crippen LogP contribution in [0.3, 0.4) is 0 Å². The van der Waals surface area contributed by atoms with Crippen molar-refractivity contribution < 1.29 is 4.79 Å². The normalized spacial score (nSPS) is 18.3. The van der Waals surface area contributed by atoms with E-state index >= 15 is 0 Å². The van der Waals surface area contributed by atoms with Gasteiger partial charge in [0.05, 0.1) is 0 Å². The second-order valence-corrected chi connectivity index (χ2v) is 8.87. The summed E-state index contributed by atoms with van der Waals surface area (Å²) < 4.78 is 1.87. The summed E-state index contributed by atoms with van der Waals surface area (Å²) in [6.45, 7) is 7.08. The molecule has 168 valence electrons. The van der Waals surface area contributed by atoms with E-state index in [9.17, 15) is 9.59 Å². The van der Waals surface area contributed by atoms with Crippen LogP contribution in [-0.2, 0) is 17.8 Å². The molecule has 2 N–H and O–H groups in total. The molecule has 2 aromatic rings. The minimum atomic E-state index is -0.0653. The van der Waals surface area contributed by atoms with Gasteiger partial charge in [-0.3, -0.25) is 14.3 Å². The lowest BCUT2D eigenvalue weighted by atomic mass is 9.89. The topological polar surface area (TPSA) is 86.3 Å². The summed E-state index contributed by atoms with van der Waals surface area (Å²) in [4.78, 5) is 28.4. The number of hydrogen-bond donors (Lipinski definition) is 2. The van der Waals surface area contributed by atoms with E-state index in [1.54, 1.807) is 0 Å². The Hall–Kier alpha value is -2.61. The molecule has 1 saturated heterocycles. The number of H-pyrrole nitrogens is 1. The number of nitrogens with zero attached hydrogens (tertiary/aromatic N) is 4. The van der Waals surface area contributed by atoms with Gasteiger partial charge in [-0.2, -0.15) is 5.10 Å². The predicted molar refractivity (Wildman–Crippen MR) is 123 cm³/mol. The van der Waals surface area contributed by atoms with Crippen LogP contribution in [0, 0.1) is 5.92 Å². The summed E-state index contributed by atoms with van der Waals surface area (Å²) in [5.41, 5.74) is 1.91. The Balaban J connectivity index is 1.28. The van der Waals surface area contributed by atoms with E-state index in [2.05, 4.69) is 31.4 Å². The van der Waals surface area contributed by atoms with E-state index in [0.29, 0.717) is 5.92 Å². The fourth-order valence-corrected chi connectivity index (χ4v) is 4.83. The first-order valence-electron chi connectivity index (χ1n) is 11.6. The van der Waals surface area contributed by atoms with Crippen LogP contribution in [0.2, 0.25) is 0 Å². The monoisotopic (exact) mass is 426 g/mol. The largest absolute Gasteiger partial charge is 0.369 e. The van der Waals surface area contributed by atoms with Crippen LogP contribution < -0.4 is 15.9 Å². The Morgan fingerprint density at radius 3 is 2.68 bits per heavy atom. The number of carbonyl (C=O) groups is 1. The van der Waals surface area contributed by atoms with Gasteiger partial charge in [-0.25, -0.2) is 9.89 Å². The number of aromatic amines is 1. The van der Waals surface area contributed by atoms with Gasteiger partial charge in [0.1, 0.15) is 5.82 Å². The molecule has 4 rings (SSSR count). The lowest BCUT2D eigenvalue weighted by molar-refractivity contribution is -0.114. The lowest BCUT2D eigenvalue weighted by Gasteiger charge is -2.36. The fraction of sp³-hybridized carbons (Fsp3) is 0.609. The van der Waals surface area contributed by atoms with Gasteiger partial charge in [-0.05, 0) is 37.0 Å². The van der Waals surface area contributed by atoms with E-state index in [1.165, 1.54) is 39.0 Å². The Bertz CT molecular complexity index is 922. The third-order valence-corrected chi connectivity index (χ3v) is 6.56. The zero-order valence-corrected chi connectivity index (χ0v) is 18.5. The van der Waals surface area contributed by atoms with Crippen LogP contribution in [0.15, 0.2) is 29.1 Å². The van der Waals surface area contributed by atoms with Crippen molar-refractivity contribution in [1.82, 2.24) is 19.7 Å². The van der Waals surface area contributed by atoms with Crippen molar-refractivity contribution in [3.8, 4) is 0 Å². The van der Waals surface area contributed by atoms with Crippen LogP contribution >= 0.6 is 0 Å². The summed E-state index contributed by atoms with van der Waals surface area (Å²) in [5.74, 6) is 1.45. The van der Waals surface area contributed by atoms with Gasteiger partial charge >= 0.3 is 5.69 Å². The molecule has 2 aliphatic rings. The number of carbonyl (C=O) groups excluding carboxylic acids is 1. The van der Waals surface area contributed by atoms with Crippen molar-refractivity contribution in [3.63, 3.8) is 0 Å². The molecule has 2 heterocycles. The maximum absolute atomic E-state index is 12.3. The number of amides is 1. The highest BCUT2D eigenvalue weighted by atomic mass is 16.2. The highest BCUT2D eigenvalue weighted by Crippen LogP contribution is 2.25. The van der Waals surface area contributed by atoms with Crippen molar-refractivity contribution in [3.05, 3.63) is 40.6 Å². The molecule has 1 saturated carbocycles. The summed E-state index contributed by atoms with van der Waals surface area (Å²) in [6, 6.07) is 8.02. The Morgan fingerprint density at radius 2 is 1.94 bits per heavy atom. The van der Waals surface area contributed by atoms with Gasteiger partial charge in [-0.15, -0.1) is 0 Å². The Morgan fingerprint density at radius 1 is 1.16 bits per heavy atom. The van der Waals surface area contributed by atoms with Crippen LogP contribution in [-0.4, -0.2) is 58.3 Å². The maximum atomic E-state index is 12.3. The molecule has 1 aromatic carbocycles. The van der Waals surface area contributed by atoms with Crippen molar-refractivity contribution in [2.45, 2.75) is 52.0 Å². The van der Waals surface area contributed by atoms with Gasteiger partial charge in [0, 0.05) is 64.0 Å². The molecule has 0 atom stereocenters. The summed E-state index contributed by atoms with van der Waals surface area (Å²) in [7, 11) is 0. The third-order valence-electron chi connectivity index (χ3n) is 6.56. The Labute approximate surface area is 183 Å². The molecule has 1 amide bonds. The van der Waals surface area contributed by atoms with E-state index in [1.807, 2.05) is 22.8 Å². The van der Waals surface area contributed by atoms with Crippen LogP contribution in [0.1, 0.15) is 44.9 Å². The molecule has 0 spiro atoms. The molecule has 1 aromatic heterocycles.